The van der Waals surface area contributed by atoms with Crippen molar-refractivity contribution in [3.63, 3.8) is 0 Å². The molecule has 5 nitrogen and oxygen atoms in total. The lowest BCUT2D eigenvalue weighted by molar-refractivity contribution is 0.386. The lowest BCUT2D eigenvalue weighted by Gasteiger charge is -2.07. The van der Waals surface area contributed by atoms with Gasteiger partial charge in [-0.3, -0.25) is 0 Å². The van der Waals surface area contributed by atoms with E-state index in [-0.39, 0.29) is 0 Å². The molecule has 0 spiro atoms. The number of hydrogen-bond donors (Lipinski definition) is 1. The molecule has 0 atom stereocenters. The van der Waals surface area contributed by atoms with Crippen LogP contribution in [0.5, 0.6) is 0 Å². The number of nitrogens with zero attached hydrogens (tertiary/aromatic N) is 3. The molecule has 1 N–H and O–H groups in total. The summed E-state index contributed by atoms with van der Waals surface area (Å²) in [4.78, 5) is 4.58. The fourth-order valence-electron chi connectivity index (χ4n) is 3.59. The summed E-state index contributed by atoms with van der Waals surface area (Å²) < 4.78 is 5.52. The third-order valence-electron chi connectivity index (χ3n) is 5.11. The van der Waals surface area contributed by atoms with Gasteiger partial charge in [0.25, 0.3) is 0 Å². The Morgan fingerprint density at radius 3 is 2.52 bits per heavy atom. The second-order valence-electron chi connectivity index (χ2n) is 7.22. The molecule has 5 rings (SSSR count). The minimum atomic E-state index is 0.563. The molecule has 0 saturated carbocycles. The standard InChI is InChI=1S/C26H18N4O/c27-17-18-5-3-9-23(15-18)28-22-13-11-20(12-14-22)26-29-25(31-30-26)16-21-8-4-7-19-6-1-2-10-24(19)21/h1-15,28H,16H2. The van der Waals surface area contributed by atoms with E-state index in [9.17, 15) is 0 Å². The van der Waals surface area contributed by atoms with E-state index < -0.39 is 0 Å². The molecular weight excluding hydrogens is 384 g/mol. The van der Waals surface area contributed by atoms with Crippen molar-refractivity contribution in [1.29, 1.82) is 5.26 Å². The van der Waals surface area contributed by atoms with Crippen molar-refractivity contribution in [3.05, 3.63) is 108 Å². The van der Waals surface area contributed by atoms with Crippen LogP contribution in [0.25, 0.3) is 22.2 Å². The molecular formula is C26H18N4O. The molecule has 5 heteroatoms. The van der Waals surface area contributed by atoms with E-state index in [4.69, 9.17) is 9.78 Å². The van der Waals surface area contributed by atoms with Gasteiger partial charge in [0.2, 0.25) is 11.7 Å². The van der Waals surface area contributed by atoms with Gasteiger partial charge in [-0.05, 0) is 58.8 Å². The van der Waals surface area contributed by atoms with Crippen molar-refractivity contribution >= 4 is 22.1 Å². The van der Waals surface area contributed by atoms with Crippen LogP contribution in [0, 0.1) is 11.3 Å². The second-order valence-corrected chi connectivity index (χ2v) is 7.22. The molecule has 1 aromatic heterocycles. The Morgan fingerprint density at radius 1 is 0.839 bits per heavy atom. The van der Waals surface area contributed by atoms with Gasteiger partial charge in [0, 0.05) is 16.9 Å². The van der Waals surface area contributed by atoms with Crippen LogP contribution in [0.1, 0.15) is 17.0 Å². The Morgan fingerprint density at radius 2 is 1.65 bits per heavy atom. The molecule has 5 aromatic rings. The molecule has 0 amide bonds. The molecule has 0 bridgehead atoms. The maximum absolute atomic E-state index is 9.04. The zero-order valence-electron chi connectivity index (χ0n) is 16.6. The topological polar surface area (TPSA) is 74.7 Å². The molecule has 0 fully saturated rings. The van der Waals surface area contributed by atoms with Crippen molar-refractivity contribution in [1.82, 2.24) is 10.1 Å². The van der Waals surface area contributed by atoms with Crippen molar-refractivity contribution in [2.45, 2.75) is 6.42 Å². The number of hydrogen-bond acceptors (Lipinski definition) is 5. The number of anilines is 2. The Labute approximate surface area is 179 Å². The van der Waals surface area contributed by atoms with Crippen LogP contribution < -0.4 is 5.32 Å². The molecule has 1 heterocycles. The first-order valence-electron chi connectivity index (χ1n) is 9.95. The van der Waals surface area contributed by atoms with E-state index in [1.54, 1.807) is 6.07 Å². The molecule has 148 valence electrons. The van der Waals surface area contributed by atoms with Crippen molar-refractivity contribution in [2.75, 3.05) is 5.32 Å². The van der Waals surface area contributed by atoms with E-state index in [2.05, 4.69) is 45.8 Å². The van der Waals surface area contributed by atoms with Gasteiger partial charge in [-0.1, -0.05) is 53.7 Å². The van der Waals surface area contributed by atoms with Crippen molar-refractivity contribution < 1.29 is 4.52 Å². The maximum Gasteiger partial charge on any atom is 0.231 e. The fourth-order valence-corrected chi connectivity index (χ4v) is 3.59. The maximum atomic E-state index is 9.04. The Kier molecular flexibility index (Phi) is 4.88. The summed E-state index contributed by atoms with van der Waals surface area (Å²) in [5.74, 6) is 1.15. The monoisotopic (exact) mass is 402 g/mol. The first-order chi connectivity index (χ1) is 15.3. The highest BCUT2D eigenvalue weighted by Crippen LogP contribution is 2.24. The van der Waals surface area contributed by atoms with Gasteiger partial charge in [-0.25, -0.2) is 0 Å². The largest absolute Gasteiger partial charge is 0.355 e. The van der Waals surface area contributed by atoms with Crippen LogP contribution in [0.4, 0.5) is 11.4 Å². The highest BCUT2D eigenvalue weighted by atomic mass is 16.5. The van der Waals surface area contributed by atoms with E-state index in [1.165, 1.54) is 10.8 Å². The number of rotatable bonds is 5. The van der Waals surface area contributed by atoms with Gasteiger partial charge in [0.1, 0.15) is 0 Å². The minimum Gasteiger partial charge on any atom is -0.355 e. The summed E-state index contributed by atoms with van der Waals surface area (Å²) in [6, 6.07) is 31.8. The van der Waals surface area contributed by atoms with Crippen LogP contribution in [-0.4, -0.2) is 10.1 Å². The third-order valence-corrected chi connectivity index (χ3v) is 5.11. The van der Waals surface area contributed by atoms with Gasteiger partial charge in [0.15, 0.2) is 0 Å². The first kappa shape index (κ1) is 18.6. The van der Waals surface area contributed by atoms with Gasteiger partial charge in [-0.2, -0.15) is 10.2 Å². The van der Waals surface area contributed by atoms with E-state index in [0.29, 0.717) is 23.7 Å². The first-order valence-corrected chi connectivity index (χ1v) is 9.95. The number of nitriles is 1. The highest BCUT2D eigenvalue weighted by molar-refractivity contribution is 5.85. The molecule has 0 unspecified atom stereocenters. The SMILES string of the molecule is N#Cc1cccc(Nc2ccc(-c3noc(Cc4cccc5ccccc45)n3)cc2)c1. The molecule has 0 aliphatic rings. The van der Waals surface area contributed by atoms with Crippen molar-refractivity contribution in [2.24, 2.45) is 0 Å². The fraction of sp³-hybridized carbons (Fsp3) is 0.0385. The number of nitrogens with one attached hydrogen (secondary N) is 1. The summed E-state index contributed by atoms with van der Waals surface area (Å²) in [5, 5.41) is 18.9. The number of aromatic nitrogens is 2. The lowest BCUT2D eigenvalue weighted by Crippen LogP contribution is -1.92. The smallest absolute Gasteiger partial charge is 0.231 e. The van der Waals surface area contributed by atoms with Gasteiger partial charge in [0.05, 0.1) is 18.1 Å². The molecule has 4 aromatic carbocycles. The van der Waals surface area contributed by atoms with Gasteiger partial charge >= 0.3 is 0 Å². The second kappa shape index (κ2) is 8.13. The molecule has 0 saturated heterocycles. The normalized spacial score (nSPS) is 10.7. The van der Waals surface area contributed by atoms with Crippen molar-refractivity contribution in [3.8, 4) is 17.5 Å². The summed E-state index contributed by atoms with van der Waals surface area (Å²) >= 11 is 0. The van der Waals surface area contributed by atoms with Gasteiger partial charge in [-0.15, -0.1) is 0 Å². The highest BCUT2D eigenvalue weighted by Gasteiger charge is 2.11. The van der Waals surface area contributed by atoms with E-state index >= 15 is 0 Å². The number of benzene rings is 4. The van der Waals surface area contributed by atoms with E-state index in [0.717, 1.165) is 22.5 Å². The minimum absolute atomic E-state index is 0.563. The van der Waals surface area contributed by atoms with Gasteiger partial charge < -0.3 is 9.84 Å². The van der Waals surface area contributed by atoms with Crippen LogP contribution >= 0.6 is 0 Å². The lowest BCUT2D eigenvalue weighted by atomic mass is 10.0. The van der Waals surface area contributed by atoms with E-state index in [1.807, 2.05) is 60.7 Å². The summed E-state index contributed by atoms with van der Waals surface area (Å²) in [6.45, 7) is 0. The Balaban J connectivity index is 1.33. The third kappa shape index (κ3) is 4.00. The van der Waals surface area contributed by atoms with Crippen LogP contribution in [0.3, 0.4) is 0 Å². The average molecular weight is 402 g/mol. The average Bonchev–Trinajstić information content (AvgIpc) is 3.28. The molecule has 0 aliphatic carbocycles. The van der Waals surface area contributed by atoms with Crippen LogP contribution in [-0.2, 0) is 6.42 Å². The molecule has 0 radical (unpaired) electrons. The quantitative estimate of drug-likeness (QED) is 0.385. The Bertz CT molecular complexity index is 1390. The predicted octanol–water partition coefficient (Wildman–Crippen LogP) is 6.10. The summed E-state index contributed by atoms with van der Waals surface area (Å²) in [5.41, 5.74) is 4.44. The summed E-state index contributed by atoms with van der Waals surface area (Å²) in [6.07, 6.45) is 0.587. The zero-order valence-corrected chi connectivity index (χ0v) is 16.6. The summed E-state index contributed by atoms with van der Waals surface area (Å²) in [7, 11) is 0. The zero-order chi connectivity index (χ0) is 21.0. The molecule has 0 aliphatic heterocycles. The predicted molar refractivity (Wildman–Crippen MR) is 121 cm³/mol. The van der Waals surface area contributed by atoms with Crippen LogP contribution in [0.15, 0.2) is 95.5 Å². The molecule has 31 heavy (non-hydrogen) atoms. The number of fused-ring (bicyclic) bond motifs is 1. The van der Waals surface area contributed by atoms with Crippen LogP contribution in [0.2, 0.25) is 0 Å². The Hall–Kier alpha value is -4.43.